The van der Waals surface area contributed by atoms with Crippen molar-refractivity contribution in [2.75, 3.05) is 18.5 Å². The number of hydrogen-bond donors (Lipinski definition) is 1. The number of benzene rings is 1. The first-order valence-corrected chi connectivity index (χ1v) is 9.51. The van der Waals surface area contributed by atoms with E-state index in [9.17, 15) is 4.79 Å². The molecule has 0 amide bonds. The summed E-state index contributed by atoms with van der Waals surface area (Å²) in [4.78, 5) is 20.5. The van der Waals surface area contributed by atoms with Crippen LogP contribution in [0.1, 0.15) is 51.2 Å². The van der Waals surface area contributed by atoms with Gasteiger partial charge in [0, 0.05) is 24.9 Å². The molecule has 2 atom stereocenters. The molecule has 0 aliphatic carbocycles. The molecular formula is C22H31N3O2. The first-order chi connectivity index (χ1) is 12.8. The first kappa shape index (κ1) is 20.9. The van der Waals surface area contributed by atoms with E-state index >= 15 is 0 Å². The van der Waals surface area contributed by atoms with Gasteiger partial charge in [0.2, 0.25) is 5.95 Å². The van der Waals surface area contributed by atoms with Crippen LogP contribution in [-0.2, 0) is 9.53 Å². The van der Waals surface area contributed by atoms with Crippen LogP contribution < -0.4 is 5.32 Å². The second-order valence-corrected chi connectivity index (χ2v) is 8.20. The lowest BCUT2D eigenvalue weighted by atomic mass is 9.87. The maximum atomic E-state index is 12.0. The van der Waals surface area contributed by atoms with Gasteiger partial charge in [0.25, 0.3) is 0 Å². The topological polar surface area (TPSA) is 64.1 Å². The van der Waals surface area contributed by atoms with Crippen LogP contribution in [0.15, 0.2) is 42.7 Å². The molecule has 0 aliphatic rings. The summed E-state index contributed by atoms with van der Waals surface area (Å²) in [5.41, 5.74) is 2.09. The van der Waals surface area contributed by atoms with Crippen molar-refractivity contribution in [3.63, 3.8) is 0 Å². The van der Waals surface area contributed by atoms with Crippen LogP contribution in [0.2, 0.25) is 0 Å². The standard InChI is InChI=1S/C22H31N3O2/c1-16(15-27-20(26)22(3,4)5)13-18(19-10-7-6-9-17(19)2)14-25-21-23-11-8-12-24-21/h6-12,16,18H,13-15H2,1-5H3,(H,23,24,25). The predicted molar refractivity (Wildman–Crippen MR) is 109 cm³/mol. The maximum absolute atomic E-state index is 12.0. The molecule has 0 aliphatic heterocycles. The van der Waals surface area contributed by atoms with Crippen LogP contribution in [0.5, 0.6) is 0 Å². The van der Waals surface area contributed by atoms with Crippen LogP contribution >= 0.6 is 0 Å². The molecule has 0 radical (unpaired) electrons. The van der Waals surface area contributed by atoms with E-state index in [-0.39, 0.29) is 17.8 Å². The van der Waals surface area contributed by atoms with E-state index in [0.717, 1.165) is 13.0 Å². The average molecular weight is 370 g/mol. The van der Waals surface area contributed by atoms with Gasteiger partial charge in [-0.05, 0) is 57.2 Å². The van der Waals surface area contributed by atoms with E-state index in [1.165, 1.54) is 11.1 Å². The number of esters is 1. The molecule has 1 N–H and O–H groups in total. The molecule has 1 aromatic carbocycles. The van der Waals surface area contributed by atoms with Crippen molar-refractivity contribution in [3.8, 4) is 0 Å². The number of rotatable bonds is 8. The monoisotopic (exact) mass is 369 g/mol. The van der Waals surface area contributed by atoms with Crippen molar-refractivity contribution in [2.45, 2.75) is 47.0 Å². The lowest BCUT2D eigenvalue weighted by molar-refractivity contribution is -0.154. The van der Waals surface area contributed by atoms with Gasteiger partial charge in [0.05, 0.1) is 12.0 Å². The second kappa shape index (κ2) is 9.49. The molecule has 1 heterocycles. The summed E-state index contributed by atoms with van der Waals surface area (Å²) in [6.07, 6.45) is 4.36. The van der Waals surface area contributed by atoms with Crippen LogP contribution in [0.4, 0.5) is 5.95 Å². The Labute approximate surface area is 162 Å². The molecule has 146 valence electrons. The molecule has 0 bridgehead atoms. The Balaban J connectivity index is 2.03. The summed E-state index contributed by atoms with van der Waals surface area (Å²) in [5, 5.41) is 3.33. The Bertz CT molecular complexity index is 726. The molecule has 5 nitrogen and oxygen atoms in total. The lowest BCUT2D eigenvalue weighted by Gasteiger charge is -2.24. The summed E-state index contributed by atoms with van der Waals surface area (Å²) >= 11 is 0. The predicted octanol–water partition coefficient (Wildman–Crippen LogP) is 4.60. The number of aryl methyl sites for hydroxylation is 1. The minimum absolute atomic E-state index is 0.155. The fraction of sp³-hybridized carbons (Fsp3) is 0.500. The number of carbonyl (C=O) groups is 1. The average Bonchev–Trinajstić information content (AvgIpc) is 2.63. The zero-order valence-corrected chi connectivity index (χ0v) is 17.0. The van der Waals surface area contributed by atoms with E-state index in [1.54, 1.807) is 18.5 Å². The van der Waals surface area contributed by atoms with Gasteiger partial charge in [0.15, 0.2) is 0 Å². The van der Waals surface area contributed by atoms with Gasteiger partial charge in [0.1, 0.15) is 0 Å². The highest BCUT2D eigenvalue weighted by molar-refractivity contribution is 5.75. The molecule has 0 saturated carbocycles. The Morgan fingerprint density at radius 2 is 1.81 bits per heavy atom. The quantitative estimate of drug-likeness (QED) is 0.689. The second-order valence-electron chi connectivity index (χ2n) is 8.20. The zero-order valence-electron chi connectivity index (χ0n) is 17.0. The van der Waals surface area contributed by atoms with Gasteiger partial charge in [-0.1, -0.05) is 31.2 Å². The summed E-state index contributed by atoms with van der Waals surface area (Å²) in [6.45, 7) is 11.0. The Kier molecular flexibility index (Phi) is 7.34. The van der Waals surface area contributed by atoms with E-state index in [0.29, 0.717) is 12.6 Å². The number of nitrogens with zero attached hydrogens (tertiary/aromatic N) is 2. The van der Waals surface area contributed by atoms with Crippen molar-refractivity contribution in [1.29, 1.82) is 0 Å². The molecule has 2 rings (SSSR count). The van der Waals surface area contributed by atoms with E-state index in [1.807, 2.05) is 20.8 Å². The minimum Gasteiger partial charge on any atom is -0.465 e. The van der Waals surface area contributed by atoms with Crippen LogP contribution in [0.25, 0.3) is 0 Å². The Hall–Kier alpha value is -2.43. The van der Waals surface area contributed by atoms with Crippen molar-refractivity contribution in [2.24, 2.45) is 11.3 Å². The molecule has 2 unspecified atom stereocenters. The zero-order chi connectivity index (χ0) is 19.9. The maximum Gasteiger partial charge on any atom is 0.311 e. The van der Waals surface area contributed by atoms with Crippen LogP contribution in [0, 0.1) is 18.3 Å². The highest BCUT2D eigenvalue weighted by atomic mass is 16.5. The third-order valence-corrected chi connectivity index (χ3v) is 4.50. The molecule has 0 spiro atoms. The van der Waals surface area contributed by atoms with Gasteiger partial charge in [-0.25, -0.2) is 9.97 Å². The molecule has 0 fully saturated rings. The minimum atomic E-state index is -0.471. The number of carbonyl (C=O) groups excluding carboxylic acids is 1. The highest BCUT2D eigenvalue weighted by Crippen LogP contribution is 2.27. The molecular weight excluding hydrogens is 338 g/mol. The SMILES string of the molecule is Cc1ccccc1C(CNc1ncccn1)CC(C)COC(=O)C(C)(C)C. The van der Waals surface area contributed by atoms with Gasteiger partial charge in [-0.15, -0.1) is 0 Å². The molecule has 2 aromatic rings. The Morgan fingerprint density at radius 3 is 2.44 bits per heavy atom. The van der Waals surface area contributed by atoms with Crippen molar-refractivity contribution in [3.05, 3.63) is 53.9 Å². The van der Waals surface area contributed by atoms with E-state index in [2.05, 4.69) is 53.4 Å². The summed E-state index contributed by atoms with van der Waals surface area (Å²) in [6, 6.07) is 10.2. The number of ether oxygens (including phenoxy) is 1. The number of anilines is 1. The van der Waals surface area contributed by atoms with Gasteiger partial charge in [-0.3, -0.25) is 4.79 Å². The first-order valence-electron chi connectivity index (χ1n) is 9.51. The summed E-state index contributed by atoms with van der Waals surface area (Å²) < 4.78 is 5.51. The van der Waals surface area contributed by atoms with Crippen molar-refractivity contribution < 1.29 is 9.53 Å². The molecule has 27 heavy (non-hydrogen) atoms. The third kappa shape index (κ3) is 6.66. The van der Waals surface area contributed by atoms with Crippen molar-refractivity contribution in [1.82, 2.24) is 9.97 Å². The van der Waals surface area contributed by atoms with Crippen molar-refractivity contribution >= 4 is 11.9 Å². The smallest absolute Gasteiger partial charge is 0.311 e. The van der Waals surface area contributed by atoms with Crippen LogP contribution in [0.3, 0.4) is 0 Å². The van der Waals surface area contributed by atoms with Gasteiger partial charge in [-0.2, -0.15) is 0 Å². The van der Waals surface area contributed by atoms with Gasteiger partial charge >= 0.3 is 5.97 Å². The van der Waals surface area contributed by atoms with Gasteiger partial charge < -0.3 is 10.1 Å². The normalized spacial score (nSPS) is 13.7. The number of hydrogen-bond acceptors (Lipinski definition) is 5. The largest absolute Gasteiger partial charge is 0.465 e. The molecule has 5 heteroatoms. The lowest BCUT2D eigenvalue weighted by Crippen LogP contribution is -2.26. The number of aromatic nitrogens is 2. The highest BCUT2D eigenvalue weighted by Gasteiger charge is 2.24. The van der Waals surface area contributed by atoms with E-state index < -0.39 is 5.41 Å². The number of nitrogens with one attached hydrogen (secondary N) is 1. The molecule has 0 saturated heterocycles. The summed E-state index contributed by atoms with van der Waals surface area (Å²) in [7, 11) is 0. The molecule has 1 aromatic heterocycles. The summed E-state index contributed by atoms with van der Waals surface area (Å²) in [5.74, 6) is 0.998. The fourth-order valence-electron chi connectivity index (χ4n) is 2.96. The third-order valence-electron chi connectivity index (χ3n) is 4.50. The fourth-order valence-corrected chi connectivity index (χ4v) is 2.96. The van der Waals surface area contributed by atoms with Crippen LogP contribution in [-0.4, -0.2) is 29.1 Å². The van der Waals surface area contributed by atoms with E-state index in [4.69, 9.17) is 4.74 Å². The Morgan fingerprint density at radius 1 is 1.15 bits per heavy atom.